The molecule has 2 saturated heterocycles. The number of amides is 2. The molecule has 3 aliphatic rings. The van der Waals surface area contributed by atoms with Crippen molar-refractivity contribution < 1.29 is 9.53 Å². The largest absolute Gasteiger partial charge is 0.485 e. The van der Waals surface area contributed by atoms with Crippen molar-refractivity contribution in [1.82, 2.24) is 9.80 Å². The van der Waals surface area contributed by atoms with E-state index in [-0.39, 0.29) is 11.6 Å². The number of ether oxygens (including phenoxy) is 1. The SMILES string of the molecule is CC1(C)Cc2cccc(N3CCN(CCCCN4CCN(c5cccc6ccccc56)C4=O)CC3)c2O1. The number of benzene rings is 3. The minimum absolute atomic E-state index is 0.108. The average molecular weight is 499 g/mol. The topological polar surface area (TPSA) is 39.3 Å². The highest BCUT2D eigenvalue weighted by molar-refractivity contribution is 6.04. The molecule has 0 bridgehead atoms. The number of hydrogen-bond acceptors (Lipinski definition) is 4. The van der Waals surface area contributed by atoms with Gasteiger partial charge >= 0.3 is 6.03 Å². The minimum atomic E-state index is -0.108. The Morgan fingerprint density at radius 1 is 0.784 bits per heavy atom. The van der Waals surface area contributed by atoms with Crippen LogP contribution in [0.25, 0.3) is 10.8 Å². The lowest BCUT2D eigenvalue weighted by Gasteiger charge is -2.37. The van der Waals surface area contributed by atoms with E-state index < -0.39 is 0 Å². The summed E-state index contributed by atoms with van der Waals surface area (Å²) in [6, 6.07) is 21.3. The van der Waals surface area contributed by atoms with E-state index in [4.69, 9.17) is 4.74 Å². The fourth-order valence-electron chi connectivity index (χ4n) is 6.16. The van der Waals surface area contributed by atoms with E-state index in [0.29, 0.717) is 0 Å². The average Bonchev–Trinajstić information content (AvgIpc) is 3.43. The first kappa shape index (κ1) is 24.1. The molecule has 0 unspecified atom stereocenters. The molecule has 0 saturated carbocycles. The zero-order chi connectivity index (χ0) is 25.4. The Labute approximate surface area is 220 Å². The smallest absolute Gasteiger partial charge is 0.324 e. The number of fused-ring (bicyclic) bond motifs is 2. The van der Waals surface area contributed by atoms with Gasteiger partial charge in [0.25, 0.3) is 0 Å². The van der Waals surface area contributed by atoms with Crippen molar-refractivity contribution in [3.63, 3.8) is 0 Å². The summed E-state index contributed by atoms with van der Waals surface area (Å²) in [5, 5.41) is 2.33. The van der Waals surface area contributed by atoms with Crippen molar-refractivity contribution in [3.8, 4) is 5.75 Å². The Bertz CT molecular complexity index is 1280. The van der Waals surface area contributed by atoms with E-state index in [0.717, 1.165) is 88.4 Å². The number of carbonyl (C=O) groups is 1. The van der Waals surface area contributed by atoms with Gasteiger partial charge in [-0.05, 0) is 50.8 Å². The molecule has 0 N–H and O–H groups in total. The molecule has 6 heteroatoms. The lowest BCUT2D eigenvalue weighted by molar-refractivity contribution is 0.138. The minimum Gasteiger partial charge on any atom is -0.485 e. The summed E-state index contributed by atoms with van der Waals surface area (Å²) >= 11 is 0. The first-order chi connectivity index (χ1) is 18.0. The number of urea groups is 1. The second-order valence-corrected chi connectivity index (χ2v) is 11.3. The van der Waals surface area contributed by atoms with Crippen LogP contribution >= 0.6 is 0 Å². The molecule has 3 aliphatic heterocycles. The second-order valence-electron chi connectivity index (χ2n) is 11.3. The van der Waals surface area contributed by atoms with Crippen LogP contribution in [0.3, 0.4) is 0 Å². The van der Waals surface area contributed by atoms with E-state index in [2.05, 4.69) is 66.1 Å². The molecule has 194 valence electrons. The first-order valence-corrected chi connectivity index (χ1v) is 13.8. The first-order valence-electron chi connectivity index (χ1n) is 13.8. The number of hydrogen-bond donors (Lipinski definition) is 0. The van der Waals surface area contributed by atoms with Gasteiger partial charge in [-0.15, -0.1) is 0 Å². The van der Waals surface area contributed by atoms with Crippen molar-refractivity contribution in [2.24, 2.45) is 0 Å². The number of anilines is 2. The normalized spacial score (nSPS) is 19.5. The molecule has 0 aromatic heterocycles. The van der Waals surface area contributed by atoms with Gasteiger partial charge in [-0.1, -0.05) is 48.5 Å². The van der Waals surface area contributed by atoms with Crippen LogP contribution in [-0.2, 0) is 6.42 Å². The Hall–Kier alpha value is -3.25. The molecule has 0 aliphatic carbocycles. The second kappa shape index (κ2) is 9.90. The van der Waals surface area contributed by atoms with Gasteiger partial charge < -0.3 is 14.5 Å². The van der Waals surface area contributed by atoms with E-state index in [1.807, 2.05) is 28.0 Å². The van der Waals surface area contributed by atoms with Gasteiger partial charge in [0.1, 0.15) is 11.4 Å². The predicted octanol–water partition coefficient (Wildman–Crippen LogP) is 5.40. The molecule has 0 atom stereocenters. The van der Waals surface area contributed by atoms with Gasteiger partial charge in [0.15, 0.2) is 0 Å². The molecule has 3 heterocycles. The van der Waals surface area contributed by atoms with Crippen LogP contribution in [0.5, 0.6) is 5.75 Å². The Morgan fingerprint density at radius 2 is 1.51 bits per heavy atom. The van der Waals surface area contributed by atoms with Crippen LogP contribution in [0.1, 0.15) is 32.3 Å². The number of nitrogens with zero attached hydrogens (tertiary/aromatic N) is 4. The van der Waals surface area contributed by atoms with Crippen molar-refractivity contribution in [1.29, 1.82) is 0 Å². The standard InChI is InChI=1S/C31H38N4O2/c1-31(2)23-25-11-8-14-28(29(25)37-31)33-19-17-32(18-20-33)15-5-6-16-34-21-22-35(30(34)36)27-13-7-10-24-9-3-4-12-26(24)27/h3-4,7-14H,5-6,15-23H2,1-2H3. The van der Waals surface area contributed by atoms with E-state index in [1.54, 1.807) is 0 Å². The van der Waals surface area contributed by atoms with Crippen molar-refractivity contribution in [3.05, 3.63) is 66.2 Å². The maximum absolute atomic E-state index is 13.2. The maximum atomic E-state index is 13.2. The fraction of sp³-hybridized carbons (Fsp3) is 0.452. The number of piperazine rings is 1. The van der Waals surface area contributed by atoms with Crippen LogP contribution in [0.15, 0.2) is 60.7 Å². The number of carbonyl (C=O) groups excluding carboxylic acids is 1. The quantitative estimate of drug-likeness (QED) is 0.409. The van der Waals surface area contributed by atoms with Crippen LogP contribution in [-0.4, -0.2) is 73.8 Å². The Balaban J connectivity index is 0.965. The Kier molecular flexibility index (Phi) is 6.45. The monoisotopic (exact) mass is 498 g/mol. The zero-order valence-electron chi connectivity index (χ0n) is 22.2. The highest BCUT2D eigenvalue weighted by atomic mass is 16.5. The molecule has 3 aromatic rings. The van der Waals surface area contributed by atoms with Crippen molar-refractivity contribution in [2.75, 3.05) is 62.2 Å². The summed E-state index contributed by atoms with van der Waals surface area (Å²) in [6.45, 7) is 12.1. The lowest BCUT2D eigenvalue weighted by Crippen LogP contribution is -2.46. The third-order valence-electron chi connectivity index (χ3n) is 8.09. The Morgan fingerprint density at radius 3 is 2.38 bits per heavy atom. The molecule has 6 rings (SSSR count). The molecule has 2 fully saturated rings. The summed E-state index contributed by atoms with van der Waals surface area (Å²) in [4.78, 5) is 22.2. The van der Waals surface area contributed by atoms with Gasteiger partial charge in [-0.25, -0.2) is 4.79 Å². The summed E-state index contributed by atoms with van der Waals surface area (Å²) in [7, 11) is 0. The lowest BCUT2D eigenvalue weighted by atomic mass is 10.0. The molecular formula is C31H38N4O2. The van der Waals surface area contributed by atoms with E-state index >= 15 is 0 Å². The van der Waals surface area contributed by atoms with E-state index in [9.17, 15) is 4.79 Å². The van der Waals surface area contributed by atoms with E-state index in [1.165, 1.54) is 16.6 Å². The highest BCUT2D eigenvalue weighted by Gasteiger charge is 2.33. The summed E-state index contributed by atoms with van der Waals surface area (Å²) in [5.41, 5.74) is 3.51. The molecule has 3 aromatic carbocycles. The molecule has 0 radical (unpaired) electrons. The number of unbranched alkanes of at least 4 members (excludes halogenated alkanes) is 1. The third-order valence-corrected chi connectivity index (χ3v) is 8.09. The van der Waals surface area contributed by atoms with Crippen molar-refractivity contribution in [2.45, 2.75) is 38.7 Å². The third kappa shape index (κ3) is 4.87. The van der Waals surface area contributed by atoms with Crippen LogP contribution in [0.4, 0.5) is 16.2 Å². The summed E-state index contributed by atoms with van der Waals surface area (Å²) < 4.78 is 6.31. The molecule has 6 nitrogen and oxygen atoms in total. The summed E-state index contributed by atoms with van der Waals surface area (Å²) in [6.07, 6.45) is 3.15. The van der Waals surface area contributed by atoms with Crippen LogP contribution in [0.2, 0.25) is 0 Å². The summed E-state index contributed by atoms with van der Waals surface area (Å²) in [5.74, 6) is 1.09. The van der Waals surface area contributed by atoms with Gasteiger partial charge in [-0.3, -0.25) is 9.80 Å². The van der Waals surface area contributed by atoms with Crippen molar-refractivity contribution >= 4 is 28.2 Å². The number of rotatable bonds is 7. The zero-order valence-corrected chi connectivity index (χ0v) is 22.2. The molecule has 0 spiro atoms. The molecular weight excluding hydrogens is 460 g/mol. The van der Waals surface area contributed by atoms with Crippen LogP contribution < -0.4 is 14.5 Å². The number of para-hydroxylation sites is 1. The maximum Gasteiger partial charge on any atom is 0.324 e. The fourth-order valence-corrected chi connectivity index (χ4v) is 6.16. The highest BCUT2D eigenvalue weighted by Crippen LogP contribution is 2.42. The van der Waals surface area contributed by atoms with Crippen LogP contribution in [0, 0.1) is 0 Å². The van der Waals surface area contributed by atoms with Gasteiger partial charge in [-0.2, -0.15) is 0 Å². The van der Waals surface area contributed by atoms with Gasteiger partial charge in [0.2, 0.25) is 0 Å². The van der Waals surface area contributed by atoms with Gasteiger partial charge in [0, 0.05) is 63.2 Å². The van der Waals surface area contributed by atoms with Gasteiger partial charge in [0.05, 0.1) is 11.4 Å². The molecule has 37 heavy (non-hydrogen) atoms. The molecule has 2 amide bonds. The predicted molar refractivity (Wildman–Crippen MR) is 151 cm³/mol.